The fraction of sp³-hybridized carbons (Fsp3) is 0.0455. The average molecular weight is 374 g/mol. The lowest BCUT2D eigenvalue weighted by Crippen LogP contribution is -2.22. The van der Waals surface area contributed by atoms with Crippen molar-refractivity contribution in [3.8, 4) is 0 Å². The number of aliphatic imine (C=N–C) groups is 1. The van der Waals surface area contributed by atoms with Crippen molar-refractivity contribution in [3.05, 3.63) is 102 Å². The van der Waals surface area contributed by atoms with Gasteiger partial charge in [0, 0.05) is 11.3 Å². The first-order valence-corrected chi connectivity index (χ1v) is 9.39. The minimum absolute atomic E-state index is 0.0639. The normalized spacial score (nSPS) is 12.0. The van der Waals surface area contributed by atoms with Gasteiger partial charge in [0.1, 0.15) is 5.04 Å². The summed E-state index contributed by atoms with van der Waals surface area (Å²) < 4.78 is 0. The van der Waals surface area contributed by atoms with E-state index < -0.39 is 0 Å². The third kappa shape index (κ3) is 5.15. The first-order valence-electron chi connectivity index (χ1n) is 8.40. The van der Waals surface area contributed by atoms with Gasteiger partial charge in [-0.25, -0.2) is 4.99 Å². The van der Waals surface area contributed by atoms with Gasteiger partial charge in [-0.2, -0.15) is 0 Å². The van der Waals surface area contributed by atoms with E-state index >= 15 is 0 Å². The summed E-state index contributed by atoms with van der Waals surface area (Å²) in [7, 11) is 0. The number of Topliss-reactive ketones (excluding diaryl/α,β-unsaturated/α-hetero) is 1. The van der Waals surface area contributed by atoms with Gasteiger partial charge in [0.2, 0.25) is 5.78 Å². The largest absolute Gasteiger partial charge is 0.410 e. The summed E-state index contributed by atoms with van der Waals surface area (Å²) >= 11 is 1.36. The minimum atomic E-state index is -0.367. The van der Waals surface area contributed by atoms with E-state index in [1.54, 1.807) is 24.3 Å². The van der Waals surface area contributed by atoms with Crippen LogP contribution >= 0.6 is 11.8 Å². The Kier molecular flexibility index (Phi) is 6.55. The van der Waals surface area contributed by atoms with Crippen LogP contribution in [0.25, 0.3) is 0 Å². The molecule has 0 aliphatic rings. The molecule has 0 amide bonds. The highest BCUT2D eigenvalue weighted by Crippen LogP contribution is 2.21. The predicted octanol–water partition coefficient (Wildman–Crippen LogP) is 5.36. The summed E-state index contributed by atoms with van der Waals surface area (Å²) in [5.74, 6) is 0.237. The Morgan fingerprint density at radius 2 is 1.37 bits per heavy atom. The number of carbonyl (C=O) groups excluding carboxylic acids is 1. The molecule has 0 fully saturated rings. The smallest absolute Gasteiger partial charge is 0.217 e. The van der Waals surface area contributed by atoms with Crippen molar-refractivity contribution in [2.24, 2.45) is 10.1 Å². The van der Waals surface area contributed by atoms with Crippen LogP contribution < -0.4 is 0 Å². The molecule has 5 heteroatoms. The van der Waals surface area contributed by atoms with Crippen LogP contribution in [-0.4, -0.2) is 21.7 Å². The topological polar surface area (TPSA) is 62.0 Å². The molecule has 0 aliphatic heterocycles. The van der Waals surface area contributed by atoms with Crippen LogP contribution in [0, 0.1) is 0 Å². The molecule has 0 heterocycles. The summed E-state index contributed by atoms with van der Waals surface area (Å²) in [6.07, 6.45) is 0. The lowest BCUT2D eigenvalue weighted by atomic mass is 10.1. The maximum Gasteiger partial charge on any atom is 0.217 e. The van der Waals surface area contributed by atoms with Crippen LogP contribution in [0.2, 0.25) is 0 Å². The molecule has 0 radical (unpaired) electrons. The Balaban J connectivity index is 1.92. The van der Waals surface area contributed by atoms with Gasteiger partial charge >= 0.3 is 0 Å². The number of rotatable bonds is 6. The monoisotopic (exact) mass is 374 g/mol. The van der Waals surface area contributed by atoms with E-state index in [2.05, 4.69) is 10.1 Å². The van der Waals surface area contributed by atoms with Crippen LogP contribution in [0.3, 0.4) is 0 Å². The molecule has 4 nitrogen and oxygen atoms in total. The summed E-state index contributed by atoms with van der Waals surface area (Å²) in [6.45, 7) is 0. The molecule has 0 saturated heterocycles. The van der Waals surface area contributed by atoms with Gasteiger partial charge in [0.05, 0.1) is 5.69 Å². The Morgan fingerprint density at radius 3 is 1.96 bits per heavy atom. The van der Waals surface area contributed by atoms with Gasteiger partial charge in [-0.05, 0) is 17.7 Å². The molecule has 1 N–H and O–H groups in total. The van der Waals surface area contributed by atoms with Crippen molar-refractivity contribution in [2.45, 2.75) is 5.75 Å². The molecule has 0 saturated carbocycles. The van der Waals surface area contributed by atoms with E-state index in [-0.39, 0.29) is 11.5 Å². The molecule has 0 aromatic heterocycles. The number of nitrogens with zero attached hydrogens (tertiary/aromatic N) is 2. The van der Waals surface area contributed by atoms with Crippen LogP contribution in [0.4, 0.5) is 5.69 Å². The SMILES string of the molecule is O=C(/C(=N\O)C(=Nc1ccccc1)SCc1ccccc1)c1ccccc1. The number of hydrogen-bond donors (Lipinski definition) is 1. The first kappa shape index (κ1) is 18.6. The van der Waals surface area contributed by atoms with Gasteiger partial charge in [0.15, 0.2) is 5.71 Å². The van der Waals surface area contributed by atoms with Crippen molar-refractivity contribution < 1.29 is 10.0 Å². The van der Waals surface area contributed by atoms with Gasteiger partial charge in [-0.15, -0.1) is 0 Å². The van der Waals surface area contributed by atoms with Crippen molar-refractivity contribution in [1.82, 2.24) is 0 Å². The second kappa shape index (κ2) is 9.50. The molecule has 0 atom stereocenters. The molecular formula is C22H18N2O2S. The predicted molar refractivity (Wildman–Crippen MR) is 111 cm³/mol. The number of ketones is 1. The number of oxime groups is 1. The number of thioether (sulfide) groups is 1. The quantitative estimate of drug-likeness (QED) is 0.208. The molecule has 0 bridgehead atoms. The van der Waals surface area contributed by atoms with Gasteiger partial charge < -0.3 is 5.21 Å². The van der Waals surface area contributed by atoms with Gasteiger partial charge in [0.25, 0.3) is 0 Å². The molecule has 0 aliphatic carbocycles. The summed E-state index contributed by atoms with van der Waals surface area (Å²) in [6, 6.07) is 27.9. The average Bonchev–Trinajstić information content (AvgIpc) is 2.74. The lowest BCUT2D eigenvalue weighted by Gasteiger charge is -2.08. The fourth-order valence-corrected chi connectivity index (χ4v) is 3.35. The highest BCUT2D eigenvalue weighted by atomic mass is 32.2. The van der Waals surface area contributed by atoms with Crippen molar-refractivity contribution in [2.75, 3.05) is 0 Å². The van der Waals surface area contributed by atoms with Crippen molar-refractivity contribution in [1.29, 1.82) is 0 Å². The fourth-order valence-electron chi connectivity index (χ4n) is 2.41. The molecule has 0 unspecified atom stereocenters. The minimum Gasteiger partial charge on any atom is -0.410 e. The molecular weight excluding hydrogens is 356 g/mol. The molecule has 3 aromatic rings. The summed E-state index contributed by atoms with van der Waals surface area (Å²) in [5.41, 5.74) is 2.17. The third-order valence-electron chi connectivity index (χ3n) is 3.76. The van der Waals surface area contributed by atoms with E-state index in [0.717, 1.165) is 5.56 Å². The second-order valence-electron chi connectivity index (χ2n) is 5.67. The van der Waals surface area contributed by atoms with Crippen LogP contribution in [-0.2, 0) is 5.75 Å². The number of carbonyl (C=O) groups is 1. The van der Waals surface area contributed by atoms with E-state index in [0.29, 0.717) is 22.0 Å². The third-order valence-corrected chi connectivity index (χ3v) is 4.79. The van der Waals surface area contributed by atoms with Crippen LogP contribution in [0.15, 0.2) is 101 Å². The zero-order valence-corrected chi connectivity index (χ0v) is 15.3. The Bertz CT molecular complexity index is 940. The summed E-state index contributed by atoms with van der Waals surface area (Å²) in [4.78, 5) is 17.4. The number of para-hydroxylation sites is 1. The lowest BCUT2D eigenvalue weighted by molar-refractivity contribution is 0.106. The molecule has 27 heavy (non-hydrogen) atoms. The van der Waals surface area contributed by atoms with Crippen molar-refractivity contribution >= 4 is 34.0 Å². The molecule has 3 aromatic carbocycles. The molecule has 134 valence electrons. The maximum absolute atomic E-state index is 12.8. The van der Waals surface area contributed by atoms with Gasteiger partial charge in [-0.1, -0.05) is 95.8 Å². The Hall–Kier alpha value is -3.18. The Labute approximate surface area is 162 Å². The van der Waals surface area contributed by atoms with Crippen molar-refractivity contribution in [3.63, 3.8) is 0 Å². The first-order chi connectivity index (χ1) is 13.3. The van der Waals surface area contributed by atoms with Crippen LogP contribution in [0.5, 0.6) is 0 Å². The highest BCUT2D eigenvalue weighted by Gasteiger charge is 2.21. The Morgan fingerprint density at radius 1 is 0.815 bits per heavy atom. The standard InChI is InChI=1S/C22H18N2O2S/c25-21(18-12-6-2-7-13-18)20(24-26)22(23-19-14-8-3-9-15-19)27-16-17-10-4-1-5-11-17/h1-15,26H,16H2/b23-22?,24-20+. The zero-order chi connectivity index (χ0) is 18.9. The summed E-state index contributed by atoms with van der Waals surface area (Å²) in [5, 5.41) is 13.2. The van der Waals surface area contributed by atoms with E-state index in [4.69, 9.17) is 0 Å². The van der Waals surface area contributed by atoms with E-state index in [1.165, 1.54) is 11.8 Å². The number of benzene rings is 3. The second-order valence-corrected chi connectivity index (χ2v) is 6.63. The molecule has 0 spiro atoms. The van der Waals surface area contributed by atoms with E-state index in [1.807, 2.05) is 66.7 Å². The maximum atomic E-state index is 12.8. The zero-order valence-electron chi connectivity index (χ0n) is 14.5. The van der Waals surface area contributed by atoms with E-state index in [9.17, 15) is 10.0 Å². The van der Waals surface area contributed by atoms with Gasteiger partial charge in [-0.3, -0.25) is 4.79 Å². The highest BCUT2D eigenvalue weighted by molar-refractivity contribution is 8.15. The van der Waals surface area contributed by atoms with Crippen LogP contribution in [0.1, 0.15) is 15.9 Å². The molecule has 3 rings (SSSR count). The number of hydrogen-bond acceptors (Lipinski definition) is 5.